The highest BCUT2D eigenvalue weighted by molar-refractivity contribution is 5.95. The first-order valence-electron chi connectivity index (χ1n) is 8.90. The Kier molecular flexibility index (Phi) is 4.60. The van der Waals surface area contributed by atoms with E-state index in [1.54, 1.807) is 22.8 Å². The number of carbonyl (C=O) groups excluding carboxylic acids is 1. The summed E-state index contributed by atoms with van der Waals surface area (Å²) in [6, 6.07) is 10.2. The van der Waals surface area contributed by atoms with Gasteiger partial charge in [0.1, 0.15) is 5.82 Å². The minimum Gasteiger partial charge on any atom is -0.338 e. The predicted octanol–water partition coefficient (Wildman–Crippen LogP) is 2.75. The Morgan fingerprint density at radius 2 is 2.08 bits per heavy atom. The number of aromatic nitrogens is 4. The highest BCUT2D eigenvalue weighted by atomic mass is 19.1. The van der Waals surface area contributed by atoms with Crippen molar-refractivity contribution in [2.45, 2.75) is 25.7 Å². The number of pyridine rings is 1. The molecule has 0 N–H and O–H groups in total. The Hall–Kier alpha value is -2.83. The zero-order chi connectivity index (χ0) is 17.9. The third-order valence-electron chi connectivity index (χ3n) is 5.01. The van der Waals surface area contributed by atoms with E-state index in [0.29, 0.717) is 17.1 Å². The summed E-state index contributed by atoms with van der Waals surface area (Å²) < 4.78 is 14.5. The molecule has 1 aliphatic heterocycles. The molecular weight excluding hydrogens is 333 g/mol. The van der Waals surface area contributed by atoms with E-state index in [9.17, 15) is 9.18 Å². The van der Waals surface area contributed by atoms with Gasteiger partial charge in [-0.15, -0.1) is 5.10 Å². The fourth-order valence-corrected chi connectivity index (χ4v) is 3.56. The Bertz CT molecular complexity index is 908. The number of fused-ring (bicyclic) bond motifs is 1. The standard InChI is InChI=1S/C19H20FN5O/c20-17-7-5-14(6-8-17)3-4-15-2-1-10-24(13-15)19(26)16-9-11-25-18(12-16)21-22-23-25/h5-9,11-12,15H,1-4,10,13H2. The van der Waals surface area contributed by atoms with Gasteiger partial charge in [0.25, 0.3) is 5.91 Å². The molecule has 3 aromatic rings. The second-order valence-electron chi connectivity index (χ2n) is 6.82. The number of hydrogen-bond donors (Lipinski definition) is 0. The van der Waals surface area contributed by atoms with Crippen molar-refractivity contribution < 1.29 is 9.18 Å². The zero-order valence-electron chi connectivity index (χ0n) is 14.4. The number of carbonyl (C=O) groups is 1. The van der Waals surface area contributed by atoms with E-state index in [1.165, 1.54) is 12.1 Å². The molecule has 0 radical (unpaired) electrons. The zero-order valence-corrected chi connectivity index (χ0v) is 14.4. The summed E-state index contributed by atoms with van der Waals surface area (Å²) in [7, 11) is 0. The summed E-state index contributed by atoms with van der Waals surface area (Å²) >= 11 is 0. The van der Waals surface area contributed by atoms with E-state index in [1.807, 2.05) is 17.0 Å². The van der Waals surface area contributed by atoms with Crippen LogP contribution in [0.25, 0.3) is 5.65 Å². The molecule has 1 fully saturated rings. The lowest BCUT2D eigenvalue weighted by molar-refractivity contribution is 0.0668. The molecule has 26 heavy (non-hydrogen) atoms. The van der Waals surface area contributed by atoms with E-state index in [2.05, 4.69) is 15.5 Å². The molecule has 4 rings (SSSR count). The fraction of sp³-hybridized carbons (Fsp3) is 0.368. The van der Waals surface area contributed by atoms with Gasteiger partial charge in [-0.05, 0) is 71.9 Å². The molecule has 2 aromatic heterocycles. The van der Waals surface area contributed by atoms with Crippen LogP contribution < -0.4 is 0 Å². The van der Waals surface area contributed by atoms with Gasteiger partial charge in [-0.1, -0.05) is 12.1 Å². The predicted molar refractivity (Wildman–Crippen MR) is 94.1 cm³/mol. The van der Waals surface area contributed by atoms with Gasteiger partial charge in [0, 0.05) is 24.8 Å². The Morgan fingerprint density at radius 1 is 1.23 bits per heavy atom. The molecule has 3 heterocycles. The number of nitrogens with zero attached hydrogens (tertiary/aromatic N) is 5. The van der Waals surface area contributed by atoms with Gasteiger partial charge >= 0.3 is 0 Å². The van der Waals surface area contributed by atoms with Crippen molar-refractivity contribution in [3.05, 3.63) is 59.5 Å². The van der Waals surface area contributed by atoms with Crippen LogP contribution >= 0.6 is 0 Å². The van der Waals surface area contributed by atoms with Crippen LogP contribution in [0.5, 0.6) is 0 Å². The van der Waals surface area contributed by atoms with Gasteiger partial charge < -0.3 is 4.90 Å². The van der Waals surface area contributed by atoms with Crippen LogP contribution in [0.1, 0.15) is 35.2 Å². The molecule has 1 unspecified atom stereocenters. The average molecular weight is 353 g/mol. The van der Waals surface area contributed by atoms with E-state index in [0.717, 1.165) is 44.3 Å². The Labute approximate surface area is 150 Å². The summed E-state index contributed by atoms with van der Waals surface area (Å²) in [6.07, 6.45) is 5.75. The van der Waals surface area contributed by atoms with E-state index >= 15 is 0 Å². The highest BCUT2D eigenvalue weighted by Gasteiger charge is 2.24. The minimum absolute atomic E-state index is 0.0296. The molecule has 134 valence electrons. The number of amides is 1. The SMILES string of the molecule is O=C(c1ccn2nnnc2c1)N1CCCC(CCc2ccc(F)cc2)C1. The van der Waals surface area contributed by atoms with Crippen molar-refractivity contribution in [3.8, 4) is 0 Å². The van der Waals surface area contributed by atoms with Crippen LogP contribution in [-0.4, -0.2) is 43.9 Å². The van der Waals surface area contributed by atoms with Crippen molar-refractivity contribution >= 4 is 11.6 Å². The van der Waals surface area contributed by atoms with Crippen LogP contribution in [0, 0.1) is 11.7 Å². The second kappa shape index (κ2) is 7.19. The number of likely N-dealkylation sites (tertiary alicyclic amines) is 1. The molecule has 0 aliphatic carbocycles. The summed E-state index contributed by atoms with van der Waals surface area (Å²) in [5.74, 6) is 0.293. The van der Waals surface area contributed by atoms with Crippen LogP contribution in [0.2, 0.25) is 0 Å². The van der Waals surface area contributed by atoms with Gasteiger partial charge in [0.2, 0.25) is 0 Å². The van der Waals surface area contributed by atoms with Crippen LogP contribution in [0.15, 0.2) is 42.6 Å². The molecule has 0 spiro atoms. The maximum absolute atomic E-state index is 13.0. The van der Waals surface area contributed by atoms with Crippen LogP contribution in [-0.2, 0) is 6.42 Å². The number of tetrazole rings is 1. The van der Waals surface area contributed by atoms with Crippen molar-refractivity contribution in [2.24, 2.45) is 5.92 Å². The van der Waals surface area contributed by atoms with Gasteiger partial charge in [-0.2, -0.15) is 0 Å². The number of piperidine rings is 1. The molecule has 1 saturated heterocycles. The maximum Gasteiger partial charge on any atom is 0.254 e. The second-order valence-corrected chi connectivity index (χ2v) is 6.82. The van der Waals surface area contributed by atoms with Gasteiger partial charge in [0.05, 0.1) is 0 Å². The average Bonchev–Trinajstić information content (AvgIpc) is 3.15. The minimum atomic E-state index is -0.206. The third-order valence-corrected chi connectivity index (χ3v) is 5.01. The molecule has 1 atom stereocenters. The van der Waals surface area contributed by atoms with E-state index < -0.39 is 0 Å². The summed E-state index contributed by atoms with van der Waals surface area (Å²) in [6.45, 7) is 1.54. The van der Waals surface area contributed by atoms with Crippen molar-refractivity contribution in [1.82, 2.24) is 24.9 Å². The summed E-state index contributed by atoms with van der Waals surface area (Å²) in [5.41, 5.74) is 2.33. The van der Waals surface area contributed by atoms with Crippen molar-refractivity contribution in [1.29, 1.82) is 0 Å². The highest BCUT2D eigenvalue weighted by Crippen LogP contribution is 2.23. The van der Waals surface area contributed by atoms with Crippen molar-refractivity contribution in [3.63, 3.8) is 0 Å². The van der Waals surface area contributed by atoms with Gasteiger partial charge in [-0.3, -0.25) is 4.79 Å². The smallest absolute Gasteiger partial charge is 0.254 e. The number of rotatable bonds is 4. The quantitative estimate of drug-likeness (QED) is 0.723. The normalized spacial score (nSPS) is 17.6. The largest absolute Gasteiger partial charge is 0.338 e. The van der Waals surface area contributed by atoms with Crippen LogP contribution in [0.3, 0.4) is 0 Å². The summed E-state index contributed by atoms with van der Waals surface area (Å²) in [4.78, 5) is 14.8. The lowest BCUT2D eigenvalue weighted by atomic mass is 9.91. The monoisotopic (exact) mass is 353 g/mol. The van der Waals surface area contributed by atoms with Gasteiger partial charge in [0.15, 0.2) is 5.65 Å². The topological polar surface area (TPSA) is 63.4 Å². The lowest BCUT2D eigenvalue weighted by Crippen LogP contribution is -2.40. The number of benzene rings is 1. The lowest BCUT2D eigenvalue weighted by Gasteiger charge is -2.33. The molecule has 1 aliphatic rings. The summed E-state index contributed by atoms with van der Waals surface area (Å²) in [5, 5.41) is 11.3. The molecule has 0 saturated carbocycles. The van der Waals surface area contributed by atoms with Gasteiger partial charge in [-0.25, -0.2) is 8.91 Å². The molecule has 6 nitrogen and oxygen atoms in total. The molecule has 1 amide bonds. The fourth-order valence-electron chi connectivity index (χ4n) is 3.56. The molecule has 1 aromatic carbocycles. The number of hydrogen-bond acceptors (Lipinski definition) is 4. The first-order chi connectivity index (χ1) is 12.7. The first kappa shape index (κ1) is 16.6. The molecular formula is C19H20FN5O. The molecule has 7 heteroatoms. The molecule has 0 bridgehead atoms. The van der Waals surface area contributed by atoms with Crippen LogP contribution in [0.4, 0.5) is 4.39 Å². The van der Waals surface area contributed by atoms with Crippen molar-refractivity contribution in [2.75, 3.05) is 13.1 Å². The maximum atomic E-state index is 13.0. The first-order valence-corrected chi connectivity index (χ1v) is 8.90. The number of aryl methyl sites for hydroxylation is 1. The van der Waals surface area contributed by atoms with E-state index in [4.69, 9.17) is 0 Å². The number of halogens is 1. The Morgan fingerprint density at radius 3 is 2.92 bits per heavy atom. The third kappa shape index (κ3) is 3.56. The Balaban J connectivity index is 1.39. The van der Waals surface area contributed by atoms with E-state index in [-0.39, 0.29) is 11.7 Å².